The van der Waals surface area contributed by atoms with Crippen LogP contribution in [0.25, 0.3) is 0 Å². The van der Waals surface area contributed by atoms with Crippen molar-refractivity contribution in [2.24, 2.45) is 5.92 Å². The lowest BCUT2D eigenvalue weighted by molar-refractivity contribution is -0.142. The van der Waals surface area contributed by atoms with E-state index < -0.39 is 5.97 Å². The summed E-state index contributed by atoms with van der Waals surface area (Å²) in [5, 5.41) is 9.42. The number of carbonyl (C=O) groups is 1. The normalized spacial score (nSPS) is 13.4. The van der Waals surface area contributed by atoms with E-state index in [9.17, 15) is 9.90 Å². The lowest BCUT2D eigenvalue weighted by Gasteiger charge is -2.21. The summed E-state index contributed by atoms with van der Waals surface area (Å²) in [4.78, 5) is 11.4. The number of benzene rings is 1. The van der Waals surface area contributed by atoms with E-state index in [1.54, 1.807) is 0 Å². The third-order valence-corrected chi connectivity index (χ3v) is 5.84. The van der Waals surface area contributed by atoms with E-state index in [0.717, 1.165) is 12.8 Å². The number of rotatable bonds is 17. The maximum Gasteiger partial charge on any atom is 0.306 e. The van der Waals surface area contributed by atoms with E-state index >= 15 is 0 Å². The number of unbranched alkanes of at least 4 members (excludes halogenated alkanes) is 12. The molecule has 1 aromatic carbocycles. The zero-order valence-corrected chi connectivity index (χ0v) is 17.8. The van der Waals surface area contributed by atoms with Gasteiger partial charge in [0.25, 0.3) is 0 Å². The Morgan fingerprint density at radius 1 is 0.778 bits per heavy atom. The maximum atomic E-state index is 11.4. The molecule has 0 saturated carbocycles. The molecule has 0 radical (unpaired) electrons. The summed E-state index contributed by atoms with van der Waals surface area (Å²) in [5.74, 6) is -0.861. The van der Waals surface area contributed by atoms with Crippen LogP contribution in [0.5, 0.6) is 0 Å². The van der Waals surface area contributed by atoms with Gasteiger partial charge in [-0.2, -0.15) is 0 Å². The molecular formula is C25H42O2. The molecule has 0 aliphatic rings. The van der Waals surface area contributed by atoms with E-state index in [4.69, 9.17) is 0 Å². The molecule has 27 heavy (non-hydrogen) atoms. The monoisotopic (exact) mass is 374 g/mol. The Balaban J connectivity index is 2.09. The molecule has 0 aliphatic heterocycles. The SMILES string of the molecule is CCCCCCCCCCCCCCCC(c1ccccc1)C(C)C(=O)O. The number of carboxylic acid groups (broad SMARTS) is 1. The van der Waals surface area contributed by atoms with Crippen LogP contribution in [0.3, 0.4) is 0 Å². The minimum atomic E-state index is -0.682. The van der Waals surface area contributed by atoms with Crippen molar-refractivity contribution in [3.63, 3.8) is 0 Å². The predicted octanol–water partition coefficient (Wildman–Crippen LogP) is 7.97. The first-order valence-corrected chi connectivity index (χ1v) is 11.4. The summed E-state index contributed by atoms with van der Waals surface area (Å²) in [6, 6.07) is 10.2. The number of hydrogen-bond acceptors (Lipinski definition) is 1. The van der Waals surface area contributed by atoms with E-state index in [1.807, 2.05) is 25.1 Å². The standard InChI is InChI=1S/C25H42O2/c1-3-4-5-6-7-8-9-10-11-12-13-14-18-21-24(22(2)25(26)27)23-19-16-15-17-20-23/h15-17,19-20,22,24H,3-14,18,21H2,1-2H3,(H,26,27). The average Bonchev–Trinajstić information content (AvgIpc) is 2.68. The molecule has 154 valence electrons. The summed E-state index contributed by atoms with van der Waals surface area (Å²) in [6.07, 6.45) is 18.5. The Morgan fingerprint density at radius 3 is 1.67 bits per heavy atom. The van der Waals surface area contributed by atoms with E-state index in [0.29, 0.717) is 0 Å². The highest BCUT2D eigenvalue weighted by atomic mass is 16.4. The van der Waals surface area contributed by atoms with Crippen LogP contribution in [0.15, 0.2) is 30.3 Å². The van der Waals surface area contributed by atoms with Crippen LogP contribution in [0.4, 0.5) is 0 Å². The molecule has 2 unspecified atom stereocenters. The lowest BCUT2D eigenvalue weighted by Crippen LogP contribution is -2.19. The second-order valence-corrected chi connectivity index (χ2v) is 8.18. The topological polar surface area (TPSA) is 37.3 Å². The fourth-order valence-electron chi connectivity index (χ4n) is 3.96. The highest BCUT2D eigenvalue weighted by Crippen LogP contribution is 2.30. The molecule has 2 nitrogen and oxygen atoms in total. The minimum Gasteiger partial charge on any atom is -0.481 e. The van der Waals surface area contributed by atoms with Crippen molar-refractivity contribution in [1.29, 1.82) is 0 Å². The van der Waals surface area contributed by atoms with Crippen molar-refractivity contribution in [1.82, 2.24) is 0 Å². The van der Waals surface area contributed by atoms with Gasteiger partial charge >= 0.3 is 5.97 Å². The van der Waals surface area contributed by atoms with Crippen LogP contribution in [0, 0.1) is 5.92 Å². The van der Waals surface area contributed by atoms with Gasteiger partial charge in [-0.1, -0.05) is 128 Å². The summed E-state index contributed by atoms with van der Waals surface area (Å²) in [5.41, 5.74) is 1.17. The van der Waals surface area contributed by atoms with E-state index in [1.165, 1.54) is 82.6 Å². The number of aliphatic carboxylic acids is 1. The number of carboxylic acids is 1. The fraction of sp³-hybridized carbons (Fsp3) is 0.720. The molecule has 0 spiro atoms. The van der Waals surface area contributed by atoms with E-state index in [2.05, 4.69) is 19.1 Å². The van der Waals surface area contributed by atoms with Crippen molar-refractivity contribution < 1.29 is 9.90 Å². The quantitative estimate of drug-likeness (QED) is 0.281. The van der Waals surface area contributed by atoms with Crippen LogP contribution >= 0.6 is 0 Å². The van der Waals surface area contributed by atoms with Gasteiger partial charge in [0.15, 0.2) is 0 Å². The second kappa shape index (κ2) is 15.7. The summed E-state index contributed by atoms with van der Waals surface area (Å²) >= 11 is 0. The zero-order valence-electron chi connectivity index (χ0n) is 17.8. The first kappa shape index (κ1) is 23.7. The van der Waals surface area contributed by atoms with Gasteiger partial charge in [-0.25, -0.2) is 0 Å². The number of hydrogen-bond donors (Lipinski definition) is 1. The van der Waals surface area contributed by atoms with Crippen molar-refractivity contribution in [2.75, 3.05) is 0 Å². The highest BCUT2D eigenvalue weighted by molar-refractivity contribution is 5.70. The van der Waals surface area contributed by atoms with Gasteiger partial charge in [0.2, 0.25) is 0 Å². The summed E-state index contributed by atoms with van der Waals surface area (Å²) in [6.45, 7) is 4.12. The van der Waals surface area contributed by atoms with Crippen molar-refractivity contribution in [2.45, 2.75) is 110 Å². The Kier molecular flexibility index (Phi) is 13.8. The van der Waals surface area contributed by atoms with Gasteiger partial charge in [0.1, 0.15) is 0 Å². The second-order valence-electron chi connectivity index (χ2n) is 8.18. The smallest absolute Gasteiger partial charge is 0.306 e. The van der Waals surface area contributed by atoms with Crippen molar-refractivity contribution in [3.05, 3.63) is 35.9 Å². The zero-order chi connectivity index (χ0) is 19.7. The lowest BCUT2D eigenvalue weighted by atomic mass is 9.83. The van der Waals surface area contributed by atoms with Gasteiger partial charge < -0.3 is 5.11 Å². The molecule has 0 bridgehead atoms. The highest BCUT2D eigenvalue weighted by Gasteiger charge is 2.24. The molecule has 1 N–H and O–H groups in total. The molecule has 2 atom stereocenters. The molecule has 0 heterocycles. The Bertz CT molecular complexity index is 468. The van der Waals surface area contributed by atoms with Crippen LogP contribution in [-0.2, 0) is 4.79 Å². The Labute approximate surface area is 167 Å². The summed E-state index contributed by atoms with van der Waals surface area (Å²) in [7, 11) is 0. The van der Waals surface area contributed by atoms with Gasteiger partial charge in [0, 0.05) is 0 Å². The fourth-order valence-corrected chi connectivity index (χ4v) is 3.96. The maximum absolute atomic E-state index is 11.4. The molecule has 0 aromatic heterocycles. The van der Waals surface area contributed by atoms with Crippen molar-refractivity contribution >= 4 is 5.97 Å². The molecule has 0 fully saturated rings. The largest absolute Gasteiger partial charge is 0.481 e. The van der Waals surface area contributed by atoms with Crippen LogP contribution in [0.1, 0.15) is 115 Å². The molecule has 0 amide bonds. The van der Waals surface area contributed by atoms with Crippen LogP contribution < -0.4 is 0 Å². The van der Waals surface area contributed by atoms with Crippen LogP contribution in [0.2, 0.25) is 0 Å². The van der Waals surface area contributed by atoms with Gasteiger partial charge in [-0.15, -0.1) is 0 Å². The minimum absolute atomic E-state index is 0.136. The molecule has 0 aliphatic carbocycles. The first-order chi connectivity index (χ1) is 13.2. The third kappa shape index (κ3) is 11.2. The third-order valence-electron chi connectivity index (χ3n) is 5.84. The van der Waals surface area contributed by atoms with E-state index in [-0.39, 0.29) is 11.8 Å². The van der Waals surface area contributed by atoms with Gasteiger partial charge in [0.05, 0.1) is 5.92 Å². The average molecular weight is 375 g/mol. The first-order valence-electron chi connectivity index (χ1n) is 11.4. The molecular weight excluding hydrogens is 332 g/mol. The predicted molar refractivity (Wildman–Crippen MR) is 116 cm³/mol. The van der Waals surface area contributed by atoms with Gasteiger partial charge in [-0.05, 0) is 17.9 Å². The molecule has 1 rings (SSSR count). The Hall–Kier alpha value is -1.31. The van der Waals surface area contributed by atoms with Gasteiger partial charge in [-0.3, -0.25) is 4.79 Å². The van der Waals surface area contributed by atoms with Crippen molar-refractivity contribution in [3.8, 4) is 0 Å². The molecule has 1 aromatic rings. The summed E-state index contributed by atoms with van der Waals surface area (Å²) < 4.78 is 0. The Morgan fingerprint density at radius 2 is 1.22 bits per heavy atom. The molecule has 2 heteroatoms. The molecule has 0 saturated heterocycles. The van der Waals surface area contributed by atoms with Crippen LogP contribution in [-0.4, -0.2) is 11.1 Å².